The second-order valence-electron chi connectivity index (χ2n) is 6.47. The molecule has 4 nitrogen and oxygen atoms in total. The van der Waals surface area contributed by atoms with E-state index in [0.717, 1.165) is 31.2 Å². The topological polar surface area (TPSA) is 56.2 Å². The molecule has 1 aliphatic carbocycles. The van der Waals surface area contributed by atoms with Crippen molar-refractivity contribution in [1.82, 2.24) is 10.2 Å². The highest BCUT2D eigenvalue weighted by Crippen LogP contribution is 2.39. The Hall–Kier alpha value is -2.36. The summed E-state index contributed by atoms with van der Waals surface area (Å²) in [5.74, 6) is 0.233. The van der Waals surface area contributed by atoms with E-state index in [1.807, 2.05) is 42.5 Å². The SMILES string of the molecule is CCCCCN1C(=N)NC(c2ccccc2)(C2C=CC=CC2)C1=O. The number of unbranched alkanes of at least 4 members (excludes halogenated alkanes) is 2. The standard InChI is InChI=1S/C20H25N3O/c1-2-3-10-15-23-18(24)20(22-19(23)21,16-11-6-4-7-12-16)17-13-8-5-9-14-17/h4-9,11-13,17H,2-3,10,14-15H2,1H3,(H2,21,22). The van der Waals surface area contributed by atoms with E-state index in [4.69, 9.17) is 5.41 Å². The minimum atomic E-state index is -0.869. The number of rotatable bonds is 6. The van der Waals surface area contributed by atoms with Crippen LogP contribution in [0.4, 0.5) is 0 Å². The number of amides is 1. The molecule has 1 aliphatic heterocycles. The first-order valence-electron chi connectivity index (χ1n) is 8.77. The Morgan fingerprint density at radius 1 is 1.25 bits per heavy atom. The van der Waals surface area contributed by atoms with Crippen LogP contribution in [0.15, 0.2) is 54.6 Å². The van der Waals surface area contributed by atoms with Crippen LogP contribution in [0, 0.1) is 11.3 Å². The number of allylic oxidation sites excluding steroid dienone is 3. The highest BCUT2D eigenvalue weighted by Gasteiger charge is 2.54. The summed E-state index contributed by atoms with van der Waals surface area (Å²) in [5, 5.41) is 11.6. The summed E-state index contributed by atoms with van der Waals surface area (Å²) >= 11 is 0. The minimum Gasteiger partial charge on any atom is -0.337 e. The average molecular weight is 323 g/mol. The van der Waals surface area contributed by atoms with E-state index in [-0.39, 0.29) is 17.8 Å². The lowest BCUT2D eigenvalue weighted by molar-refractivity contribution is -0.132. The monoisotopic (exact) mass is 323 g/mol. The zero-order valence-electron chi connectivity index (χ0n) is 14.2. The van der Waals surface area contributed by atoms with Crippen molar-refractivity contribution in [2.45, 2.75) is 38.1 Å². The van der Waals surface area contributed by atoms with Gasteiger partial charge < -0.3 is 5.32 Å². The Morgan fingerprint density at radius 2 is 2.04 bits per heavy atom. The lowest BCUT2D eigenvalue weighted by Crippen LogP contribution is -2.50. The molecule has 4 heteroatoms. The zero-order chi connectivity index (χ0) is 17.0. The molecule has 1 heterocycles. The van der Waals surface area contributed by atoms with E-state index >= 15 is 0 Å². The molecule has 2 atom stereocenters. The quantitative estimate of drug-likeness (QED) is 0.786. The molecule has 1 saturated heterocycles. The maximum absolute atomic E-state index is 13.4. The second kappa shape index (κ2) is 7.04. The maximum atomic E-state index is 13.4. The van der Waals surface area contributed by atoms with Crippen molar-refractivity contribution in [3.8, 4) is 0 Å². The summed E-state index contributed by atoms with van der Waals surface area (Å²) in [6, 6.07) is 9.84. The maximum Gasteiger partial charge on any atom is 0.260 e. The van der Waals surface area contributed by atoms with Gasteiger partial charge in [0.2, 0.25) is 0 Å². The highest BCUT2D eigenvalue weighted by atomic mass is 16.2. The number of carbonyl (C=O) groups is 1. The average Bonchev–Trinajstić information content (AvgIpc) is 2.89. The molecule has 0 radical (unpaired) electrons. The number of hydrogen-bond donors (Lipinski definition) is 2. The van der Waals surface area contributed by atoms with E-state index in [1.165, 1.54) is 0 Å². The molecule has 2 unspecified atom stereocenters. The summed E-state index contributed by atoms with van der Waals surface area (Å²) in [7, 11) is 0. The van der Waals surface area contributed by atoms with Crippen LogP contribution in [-0.4, -0.2) is 23.3 Å². The smallest absolute Gasteiger partial charge is 0.260 e. The summed E-state index contributed by atoms with van der Waals surface area (Å²) < 4.78 is 0. The molecule has 1 fully saturated rings. The number of nitrogens with one attached hydrogen (secondary N) is 2. The molecule has 0 bridgehead atoms. The summed E-state index contributed by atoms with van der Waals surface area (Å²) in [4.78, 5) is 15.0. The van der Waals surface area contributed by atoms with E-state index < -0.39 is 5.54 Å². The van der Waals surface area contributed by atoms with Gasteiger partial charge in [0, 0.05) is 12.5 Å². The molecule has 1 amide bonds. The predicted octanol–water partition coefficient (Wildman–Crippen LogP) is 3.57. The predicted molar refractivity (Wildman–Crippen MR) is 96.6 cm³/mol. The molecule has 126 valence electrons. The lowest BCUT2D eigenvalue weighted by Gasteiger charge is -2.34. The molecule has 3 rings (SSSR count). The van der Waals surface area contributed by atoms with E-state index in [1.54, 1.807) is 4.90 Å². The Labute approximate surface area is 143 Å². The summed E-state index contributed by atoms with van der Waals surface area (Å²) in [6.07, 6.45) is 12.1. The first-order valence-corrected chi connectivity index (χ1v) is 8.77. The fraction of sp³-hybridized carbons (Fsp3) is 0.400. The third-order valence-corrected chi connectivity index (χ3v) is 4.92. The van der Waals surface area contributed by atoms with Crippen LogP contribution >= 0.6 is 0 Å². The Kier molecular flexibility index (Phi) is 4.84. The van der Waals surface area contributed by atoms with Gasteiger partial charge in [0.05, 0.1) is 0 Å². The molecule has 0 spiro atoms. The van der Waals surface area contributed by atoms with Crippen LogP contribution in [0.3, 0.4) is 0 Å². The lowest BCUT2D eigenvalue weighted by atomic mass is 9.75. The van der Waals surface area contributed by atoms with Gasteiger partial charge in [-0.05, 0) is 18.4 Å². The normalized spacial score (nSPS) is 26.0. The Bertz CT molecular complexity index is 665. The summed E-state index contributed by atoms with van der Waals surface area (Å²) in [5.41, 5.74) is 0.0638. The number of hydrogen-bond acceptors (Lipinski definition) is 2. The van der Waals surface area contributed by atoms with Crippen LogP contribution < -0.4 is 5.32 Å². The van der Waals surface area contributed by atoms with Gasteiger partial charge in [0.25, 0.3) is 5.91 Å². The van der Waals surface area contributed by atoms with Crippen molar-refractivity contribution in [1.29, 1.82) is 5.41 Å². The Morgan fingerprint density at radius 3 is 2.71 bits per heavy atom. The molecule has 0 saturated carbocycles. The van der Waals surface area contributed by atoms with Gasteiger partial charge in [-0.3, -0.25) is 15.1 Å². The van der Waals surface area contributed by atoms with Gasteiger partial charge in [-0.2, -0.15) is 0 Å². The van der Waals surface area contributed by atoms with Crippen LogP contribution in [0.25, 0.3) is 0 Å². The molecular formula is C20H25N3O. The van der Waals surface area contributed by atoms with Gasteiger partial charge in [-0.15, -0.1) is 0 Å². The highest BCUT2D eigenvalue weighted by molar-refractivity contribution is 6.08. The van der Waals surface area contributed by atoms with Crippen molar-refractivity contribution in [2.24, 2.45) is 5.92 Å². The van der Waals surface area contributed by atoms with Gasteiger partial charge in [-0.25, -0.2) is 0 Å². The van der Waals surface area contributed by atoms with Crippen LogP contribution in [0.2, 0.25) is 0 Å². The number of benzene rings is 1. The fourth-order valence-electron chi connectivity index (χ4n) is 3.62. The molecule has 24 heavy (non-hydrogen) atoms. The van der Waals surface area contributed by atoms with E-state index in [2.05, 4.69) is 24.4 Å². The zero-order valence-corrected chi connectivity index (χ0v) is 14.2. The fourth-order valence-corrected chi connectivity index (χ4v) is 3.62. The molecule has 2 aliphatic rings. The van der Waals surface area contributed by atoms with Crippen molar-refractivity contribution in [2.75, 3.05) is 6.54 Å². The molecule has 1 aromatic rings. The van der Waals surface area contributed by atoms with Crippen LogP contribution in [0.1, 0.15) is 38.2 Å². The van der Waals surface area contributed by atoms with Crippen LogP contribution in [0.5, 0.6) is 0 Å². The third kappa shape index (κ3) is 2.77. The molecule has 1 aromatic carbocycles. The number of nitrogens with zero attached hydrogens (tertiary/aromatic N) is 1. The molecular weight excluding hydrogens is 298 g/mol. The Balaban J connectivity index is 1.97. The molecule has 0 aromatic heterocycles. The van der Waals surface area contributed by atoms with Gasteiger partial charge in [0.1, 0.15) is 0 Å². The largest absolute Gasteiger partial charge is 0.337 e. The van der Waals surface area contributed by atoms with Crippen molar-refractivity contribution >= 4 is 11.9 Å². The second-order valence-corrected chi connectivity index (χ2v) is 6.47. The summed E-state index contributed by atoms with van der Waals surface area (Å²) in [6.45, 7) is 2.75. The molecule has 2 N–H and O–H groups in total. The van der Waals surface area contributed by atoms with Crippen molar-refractivity contribution in [3.63, 3.8) is 0 Å². The number of carbonyl (C=O) groups excluding carboxylic acids is 1. The van der Waals surface area contributed by atoms with Crippen LogP contribution in [-0.2, 0) is 10.3 Å². The van der Waals surface area contributed by atoms with Gasteiger partial charge in [-0.1, -0.05) is 74.4 Å². The first kappa shape index (κ1) is 16.5. The first-order chi connectivity index (χ1) is 11.7. The van der Waals surface area contributed by atoms with E-state index in [9.17, 15) is 4.79 Å². The number of guanidine groups is 1. The van der Waals surface area contributed by atoms with Crippen molar-refractivity contribution in [3.05, 3.63) is 60.2 Å². The van der Waals surface area contributed by atoms with E-state index in [0.29, 0.717) is 6.54 Å². The third-order valence-electron chi connectivity index (χ3n) is 4.92. The van der Waals surface area contributed by atoms with Crippen molar-refractivity contribution < 1.29 is 4.79 Å². The minimum absolute atomic E-state index is 0.000229. The van der Waals surface area contributed by atoms with Gasteiger partial charge in [0.15, 0.2) is 11.5 Å². The van der Waals surface area contributed by atoms with Gasteiger partial charge >= 0.3 is 0 Å².